The lowest BCUT2D eigenvalue weighted by Gasteiger charge is -2.04. The van der Waals surface area contributed by atoms with Crippen LogP contribution in [-0.4, -0.2) is 24.0 Å². The summed E-state index contributed by atoms with van der Waals surface area (Å²) in [4.78, 5) is 8.81. The molecule has 0 fully saturated rings. The molecule has 0 saturated carbocycles. The molecular formula is C16H20N4S. The Balaban J connectivity index is 1.84. The van der Waals surface area contributed by atoms with E-state index in [4.69, 9.17) is 5.73 Å². The third-order valence-electron chi connectivity index (χ3n) is 2.78. The summed E-state index contributed by atoms with van der Waals surface area (Å²) in [6, 6.07) is 10.2. The molecule has 0 radical (unpaired) electrons. The van der Waals surface area contributed by atoms with Crippen molar-refractivity contribution in [3.05, 3.63) is 53.6 Å². The molecule has 0 saturated heterocycles. The van der Waals surface area contributed by atoms with Gasteiger partial charge in [-0.15, -0.1) is 11.3 Å². The van der Waals surface area contributed by atoms with Gasteiger partial charge < -0.3 is 11.1 Å². The minimum absolute atomic E-state index is 0.455. The minimum atomic E-state index is 0.455. The van der Waals surface area contributed by atoms with Gasteiger partial charge in [0.25, 0.3) is 0 Å². The highest BCUT2D eigenvalue weighted by Crippen LogP contribution is 2.23. The number of hydrogen-bond donors (Lipinski definition) is 2. The molecule has 5 heteroatoms. The molecule has 110 valence electrons. The van der Waals surface area contributed by atoms with Crippen molar-refractivity contribution in [1.29, 1.82) is 0 Å². The quantitative estimate of drug-likeness (QED) is 0.490. The molecular weight excluding hydrogens is 280 g/mol. The number of rotatable bonds is 6. The summed E-state index contributed by atoms with van der Waals surface area (Å²) >= 11 is 1.66. The molecule has 0 aliphatic rings. The van der Waals surface area contributed by atoms with Crippen molar-refractivity contribution in [2.24, 2.45) is 10.7 Å². The Morgan fingerprint density at radius 3 is 2.86 bits per heavy atom. The standard InChI is InChI=1S/C16H20N4S/c1-12(2)10-19-16(17)18-9-8-14-11-21-15(20-14)13-6-4-3-5-7-13/h3-7,11H,1,8-10H2,2H3,(H3,17,18,19). The van der Waals surface area contributed by atoms with Gasteiger partial charge in [0.15, 0.2) is 5.96 Å². The number of aliphatic imine (C=N–C) groups is 1. The fourth-order valence-electron chi connectivity index (χ4n) is 1.73. The number of aromatic nitrogens is 1. The van der Waals surface area contributed by atoms with Crippen LogP contribution in [0.25, 0.3) is 10.6 Å². The van der Waals surface area contributed by atoms with Gasteiger partial charge in [-0.05, 0) is 6.92 Å². The molecule has 0 spiro atoms. The van der Waals surface area contributed by atoms with Crippen LogP contribution in [-0.2, 0) is 6.42 Å². The van der Waals surface area contributed by atoms with Gasteiger partial charge in [-0.3, -0.25) is 0 Å². The fraction of sp³-hybridized carbons (Fsp3) is 0.250. The van der Waals surface area contributed by atoms with E-state index in [1.165, 1.54) is 0 Å². The molecule has 0 bridgehead atoms. The van der Waals surface area contributed by atoms with E-state index in [-0.39, 0.29) is 0 Å². The van der Waals surface area contributed by atoms with E-state index in [0.29, 0.717) is 12.5 Å². The SMILES string of the molecule is C=C(C)CN=C(N)NCCc1csc(-c2ccccc2)n1. The maximum atomic E-state index is 5.76. The normalized spacial score (nSPS) is 11.4. The maximum absolute atomic E-state index is 5.76. The molecule has 0 unspecified atom stereocenters. The number of benzene rings is 1. The highest BCUT2D eigenvalue weighted by atomic mass is 32.1. The smallest absolute Gasteiger partial charge is 0.188 e. The number of nitrogens with two attached hydrogens (primary N) is 1. The second-order valence-corrected chi connectivity index (χ2v) is 5.70. The number of nitrogens with zero attached hydrogens (tertiary/aromatic N) is 2. The summed E-state index contributed by atoms with van der Waals surface area (Å²) in [7, 11) is 0. The zero-order valence-corrected chi connectivity index (χ0v) is 13.0. The Labute approximate surface area is 129 Å². The molecule has 0 amide bonds. The molecule has 0 aliphatic carbocycles. The molecule has 21 heavy (non-hydrogen) atoms. The Kier molecular flexibility index (Phi) is 5.51. The third kappa shape index (κ3) is 5.04. The van der Waals surface area contributed by atoms with Crippen LogP contribution in [0.4, 0.5) is 0 Å². The van der Waals surface area contributed by atoms with Crippen molar-refractivity contribution in [3.63, 3.8) is 0 Å². The van der Waals surface area contributed by atoms with Gasteiger partial charge in [0.1, 0.15) is 5.01 Å². The van der Waals surface area contributed by atoms with Gasteiger partial charge in [-0.2, -0.15) is 0 Å². The van der Waals surface area contributed by atoms with Crippen LogP contribution < -0.4 is 11.1 Å². The van der Waals surface area contributed by atoms with Crippen molar-refractivity contribution in [3.8, 4) is 10.6 Å². The first-order valence-electron chi connectivity index (χ1n) is 6.83. The van der Waals surface area contributed by atoms with Crippen molar-refractivity contribution in [1.82, 2.24) is 10.3 Å². The van der Waals surface area contributed by atoms with E-state index in [1.54, 1.807) is 11.3 Å². The van der Waals surface area contributed by atoms with Crippen LogP contribution in [0.5, 0.6) is 0 Å². The Bertz CT molecular complexity index is 616. The molecule has 1 aromatic carbocycles. The first-order valence-corrected chi connectivity index (χ1v) is 7.71. The summed E-state index contributed by atoms with van der Waals surface area (Å²) < 4.78 is 0. The second-order valence-electron chi connectivity index (χ2n) is 4.85. The third-order valence-corrected chi connectivity index (χ3v) is 3.72. The van der Waals surface area contributed by atoms with E-state index in [2.05, 4.69) is 39.4 Å². The topological polar surface area (TPSA) is 63.3 Å². The van der Waals surface area contributed by atoms with Gasteiger partial charge in [-0.1, -0.05) is 42.5 Å². The average molecular weight is 300 g/mol. The number of guanidine groups is 1. The molecule has 1 heterocycles. The molecule has 4 nitrogen and oxygen atoms in total. The zero-order chi connectivity index (χ0) is 15.1. The highest BCUT2D eigenvalue weighted by Gasteiger charge is 2.04. The van der Waals surface area contributed by atoms with E-state index in [0.717, 1.165) is 34.8 Å². The van der Waals surface area contributed by atoms with E-state index >= 15 is 0 Å². The molecule has 3 N–H and O–H groups in total. The van der Waals surface area contributed by atoms with Gasteiger partial charge >= 0.3 is 0 Å². The Hall–Kier alpha value is -2.14. The minimum Gasteiger partial charge on any atom is -0.370 e. The monoisotopic (exact) mass is 300 g/mol. The van der Waals surface area contributed by atoms with Crippen LogP contribution in [0.1, 0.15) is 12.6 Å². The lowest BCUT2D eigenvalue weighted by molar-refractivity contribution is 0.837. The summed E-state index contributed by atoms with van der Waals surface area (Å²) in [6.07, 6.45) is 0.826. The van der Waals surface area contributed by atoms with Crippen LogP contribution in [0.2, 0.25) is 0 Å². The summed E-state index contributed by atoms with van der Waals surface area (Å²) in [5.41, 5.74) is 8.98. The largest absolute Gasteiger partial charge is 0.370 e. The Morgan fingerprint density at radius 2 is 2.14 bits per heavy atom. The summed E-state index contributed by atoms with van der Waals surface area (Å²) in [5.74, 6) is 0.455. The predicted octanol–water partition coefficient (Wildman–Crippen LogP) is 2.83. The number of nitrogens with one attached hydrogen (secondary N) is 1. The zero-order valence-electron chi connectivity index (χ0n) is 12.2. The van der Waals surface area contributed by atoms with Crippen molar-refractivity contribution in [2.45, 2.75) is 13.3 Å². The molecule has 2 aromatic rings. The molecule has 1 aromatic heterocycles. The van der Waals surface area contributed by atoms with Gasteiger partial charge in [-0.25, -0.2) is 9.98 Å². The van der Waals surface area contributed by atoms with Gasteiger partial charge in [0.2, 0.25) is 0 Å². The van der Waals surface area contributed by atoms with Crippen LogP contribution in [0.3, 0.4) is 0 Å². The van der Waals surface area contributed by atoms with Crippen LogP contribution >= 0.6 is 11.3 Å². The van der Waals surface area contributed by atoms with Gasteiger partial charge in [0, 0.05) is 23.9 Å². The van der Waals surface area contributed by atoms with E-state index in [1.807, 2.05) is 25.1 Å². The molecule has 0 aliphatic heterocycles. The number of thiazole rings is 1. The Morgan fingerprint density at radius 1 is 1.38 bits per heavy atom. The van der Waals surface area contributed by atoms with Crippen LogP contribution in [0.15, 0.2) is 52.9 Å². The lowest BCUT2D eigenvalue weighted by Crippen LogP contribution is -2.33. The second kappa shape index (κ2) is 7.59. The summed E-state index contributed by atoms with van der Waals surface area (Å²) in [6.45, 7) is 7.00. The molecule has 0 atom stereocenters. The van der Waals surface area contributed by atoms with Crippen molar-refractivity contribution in [2.75, 3.05) is 13.1 Å². The molecule has 2 rings (SSSR count). The first-order chi connectivity index (χ1) is 10.1. The fourth-order valence-corrected chi connectivity index (χ4v) is 2.59. The highest BCUT2D eigenvalue weighted by molar-refractivity contribution is 7.13. The average Bonchev–Trinajstić information content (AvgIpc) is 2.95. The van der Waals surface area contributed by atoms with Crippen LogP contribution in [0, 0.1) is 0 Å². The van der Waals surface area contributed by atoms with Crippen molar-refractivity contribution >= 4 is 17.3 Å². The van der Waals surface area contributed by atoms with E-state index in [9.17, 15) is 0 Å². The van der Waals surface area contributed by atoms with E-state index < -0.39 is 0 Å². The van der Waals surface area contributed by atoms with Crippen molar-refractivity contribution < 1.29 is 0 Å². The maximum Gasteiger partial charge on any atom is 0.188 e. The predicted molar refractivity (Wildman–Crippen MR) is 90.6 cm³/mol. The lowest BCUT2D eigenvalue weighted by atomic mass is 10.2. The first kappa shape index (κ1) is 15.3. The van der Waals surface area contributed by atoms with Gasteiger partial charge in [0.05, 0.1) is 12.2 Å². The summed E-state index contributed by atoms with van der Waals surface area (Å²) in [5, 5.41) is 6.23. The number of hydrogen-bond acceptors (Lipinski definition) is 3.